The van der Waals surface area contributed by atoms with Gasteiger partial charge in [0.1, 0.15) is 0 Å². The van der Waals surface area contributed by atoms with Crippen molar-refractivity contribution in [2.75, 3.05) is 6.54 Å². The summed E-state index contributed by atoms with van der Waals surface area (Å²) in [5.41, 5.74) is 0. The topological polar surface area (TPSA) is 35.8 Å². The molecule has 1 saturated heterocycles. The molecular formula is C10H16N2. The summed E-state index contributed by atoms with van der Waals surface area (Å²) in [6, 6.07) is 2.80. The zero-order chi connectivity index (χ0) is 8.81. The molecule has 1 fully saturated rings. The third kappa shape index (κ3) is 2.35. The lowest BCUT2D eigenvalue weighted by Gasteiger charge is -2.19. The number of nitriles is 1. The van der Waals surface area contributed by atoms with E-state index in [1.165, 1.54) is 12.8 Å². The van der Waals surface area contributed by atoms with Crippen molar-refractivity contribution in [1.29, 1.82) is 5.26 Å². The van der Waals surface area contributed by atoms with Crippen molar-refractivity contribution < 1.29 is 0 Å². The molecule has 0 aliphatic carbocycles. The molecule has 0 aromatic carbocycles. The van der Waals surface area contributed by atoms with Crippen molar-refractivity contribution in [3.63, 3.8) is 0 Å². The van der Waals surface area contributed by atoms with Crippen LogP contribution in [0.3, 0.4) is 0 Å². The summed E-state index contributed by atoms with van der Waals surface area (Å²) in [6.45, 7) is 4.83. The van der Waals surface area contributed by atoms with Crippen LogP contribution in [0.2, 0.25) is 0 Å². The van der Waals surface area contributed by atoms with Crippen molar-refractivity contribution in [1.82, 2.24) is 5.32 Å². The first kappa shape index (κ1) is 9.28. The highest BCUT2D eigenvalue weighted by Crippen LogP contribution is 2.20. The van der Waals surface area contributed by atoms with Crippen LogP contribution < -0.4 is 5.32 Å². The molecule has 0 spiro atoms. The van der Waals surface area contributed by atoms with Gasteiger partial charge in [-0.2, -0.15) is 5.26 Å². The van der Waals surface area contributed by atoms with Crippen LogP contribution in [-0.4, -0.2) is 12.6 Å². The Kier molecular flexibility index (Phi) is 3.83. The van der Waals surface area contributed by atoms with Gasteiger partial charge in [0.25, 0.3) is 0 Å². The summed E-state index contributed by atoms with van der Waals surface area (Å²) in [7, 11) is 0. The molecule has 2 unspecified atom stereocenters. The van der Waals surface area contributed by atoms with Gasteiger partial charge in [-0.25, -0.2) is 0 Å². The average Bonchev–Trinajstić information content (AvgIpc) is 2.56. The highest BCUT2D eigenvalue weighted by molar-refractivity contribution is 4.90. The predicted octanol–water partition coefficient (Wildman–Crippen LogP) is 1.84. The van der Waals surface area contributed by atoms with E-state index in [0.29, 0.717) is 18.4 Å². The van der Waals surface area contributed by atoms with E-state index in [1.807, 2.05) is 6.08 Å². The van der Waals surface area contributed by atoms with Crippen molar-refractivity contribution >= 4 is 0 Å². The number of hydrogen-bond acceptors (Lipinski definition) is 2. The van der Waals surface area contributed by atoms with Crippen molar-refractivity contribution in [3.8, 4) is 6.07 Å². The Morgan fingerprint density at radius 1 is 1.75 bits per heavy atom. The zero-order valence-electron chi connectivity index (χ0n) is 7.42. The second-order valence-electron chi connectivity index (χ2n) is 3.35. The third-order valence-electron chi connectivity index (χ3n) is 2.49. The Morgan fingerprint density at radius 2 is 2.58 bits per heavy atom. The fourth-order valence-electron chi connectivity index (χ4n) is 1.84. The smallest absolute Gasteiger partial charge is 0.0625 e. The van der Waals surface area contributed by atoms with Gasteiger partial charge >= 0.3 is 0 Å². The van der Waals surface area contributed by atoms with E-state index in [1.54, 1.807) is 0 Å². The van der Waals surface area contributed by atoms with Crippen LogP contribution in [0.5, 0.6) is 0 Å². The Morgan fingerprint density at radius 3 is 3.08 bits per heavy atom. The van der Waals surface area contributed by atoms with Gasteiger partial charge in [-0.15, -0.1) is 6.58 Å². The molecule has 1 aliphatic heterocycles. The maximum atomic E-state index is 8.61. The van der Waals surface area contributed by atoms with Gasteiger partial charge in [0.2, 0.25) is 0 Å². The summed E-state index contributed by atoms with van der Waals surface area (Å²) in [4.78, 5) is 0. The molecule has 0 bridgehead atoms. The molecule has 12 heavy (non-hydrogen) atoms. The molecule has 0 aromatic heterocycles. The lowest BCUT2D eigenvalue weighted by molar-refractivity contribution is 0.398. The predicted molar refractivity (Wildman–Crippen MR) is 49.6 cm³/mol. The van der Waals surface area contributed by atoms with E-state index < -0.39 is 0 Å². The Labute approximate surface area is 74.3 Å². The second kappa shape index (κ2) is 4.95. The van der Waals surface area contributed by atoms with Crippen LogP contribution in [0.1, 0.15) is 25.7 Å². The summed E-state index contributed by atoms with van der Waals surface area (Å²) >= 11 is 0. The van der Waals surface area contributed by atoms with Gasteiger partial charge in [0, 0.05) is 12.5 Å². The van der Waals surface area contributed by atoms with Gasteiger partial charge < -0.3 is 5.32 Å². The van der Waals surface area contributed by atoms with E-state index in [2.05, 4.69) is 18.0 Å². The standard InChI is InChI=1S/C10H16N2/c1-2-4-9(6-7-11)10-5-3-8-12-10/h2,9-10,12H,1,3-6,8H2. The van der Waals surface area contributed by atoms with Crippen LogP contribution >= 0.6 is 0 Å². The van der Waals surface area contributed by atoms with Gasteiger partial charge in [-0.05, 0) is 31.7 Å². The van der Waals surface area contributed by atoms with Gasteiger partial charge in [0.15, 0.2) is 0 Å². The van der Waals surface area contributed by atoms with E-state index in [4.69, 9.17) is 5.26 Å². The fourth-order valence-corrected chi connectivity index (χ4v) is 1.84. The van der Waals surface area contributed by atoms with Crippen LogP contribution in [-0.2, 0) is 0 Å². The Balaban J connectivity index is 2.40. The molecule has 2 atom stereocenters. The van der Waals surface area contributed by atoms with E-state index in [9.17, 15) is 0 Å². The molecule has 1 N–H and O–H groups in total. The normalized spacial score (nSPS) is 24.8. The summed E-state index contributed by atoms with van der Waals surface area (Å²) in [5, 5.41) is 12.0. The summed E-state index contributed by atoms with van der Waals surface area (Å²) < 4.78 is 0. The SMILES string of the molecule is C=CCC(CC#N)C1CCCN1. The molecule has 0 radical (unpaired) electrons. The zero-order valence-corrected chi connectivity index (χ0v) is 7.42. The van der Waals surface area contributed by atoms with Crippen molar-refractivity contribution in [2.45, 2.75) is 31.7 Å². The van der Waals surface area contributed by atoms with Crippen molar-refractivity contribution in [3.05, 3.63) is 12.7 Å². The van der Waals surface area contributed by atoms with E-state index in [0.717, 1.165) is 13.0 Å². The van der Waals surface area contributed by atoms with Crippen LogP contribution in [0, 0.1) is 17.2 Å². The van der Waals surface area contributed by atoms with Crippen molar-refractivity contribution in [2.24, 2.45) is 5.92 Å². The molecule has 1 heterocycles. The second-order valence-corrected chi connectivity index (χ2v) is 3.35. The first-order chi connectivity index (χ1) is 5.88. The Bertz CT molecular complexity index is 175. The summed E-state index contributed by atoms with van der Waals surface area (Å²) in [5.74, 6) is 0.481. The number of nitrogens with zero attached hydrogens (tertiary/aromatic N) is 1. The highest BCUT2D eigenvalue weighted by Gasteiger charge is 2.22. The minimum absolute atomic E-state index is 0.481. The highest BCUT2D eigenvalue weighted by atomic mass is 14.9. The molecule has 1 aliphatic rings. The van der Waals surface area contributed by atoms with Gasteiger partial charge in [0.05, 0.1) is 6.07 Å². The molecule has 1 rings (SSSR count). The molecule has 0 amide bonds. The molecule has 66 valence electrons. The summed E-state index contributed by atoms with van der Waals surface area (Å²) in [6.07, 6.45) is 6.01. The monoisotopic (exact) mass is 164 g/mol. The number of hydrogen-bond donors (Lipinski definition) is 1. The van der Waals surface area contributed by atoms with Gasteiger partial charge in [-0.3, -0.25) is 0 Å². The third-order valence-corrected chi connectivity index (χ3v) is 2.49. The van der Waals surface area contributed by atoms with Crippen LogP contribution in [0.15, 0.2) is 12.7 Å². The lowest BCUT2D eigenvalue weighted by atomic mass is 9.92. The quantitative estimate of drug-likeness (QED) is 0.643. The number of nitrogens with one attached hydrogen (secondary N) is 1. The minimum Gasteiger partial charge on any atom is -0.314 e. The number of rotatable bonds is 4. The van der Waals surface area contributed by atoms with Crippen LogP contribution in [0.25, 0.3) is 0 Å². The maximum absolute atomic E-state index is 8.61. The van der Waals surface area contributed by atoms with Gasteiger partial charge in [-0.1, -0.05) is 6.08 Å². The largest absolute Gasteiger partial charge is 0.314 e. The maximum Gasteiger partial charge on any atom is 0.0625 e. The molecule has 0 saturated carbocycles. The first-order valence-corrected chi connectivity index (χ1v) is 4.59. The average molecular weight is 164 g/mol. The molecule has 0 aromatic rings. The Hall–Kier alpha value is -0.810. The lowest BCUT2D eigenvalue weighted by Crippen LogP contribution is -2.29. The van der Waals surface area contributed by atoms with E-state index in [-0.39, 0.29) is 0 Å². The van der Waals surface area contributed by atoms with Crippen LogP contribution in [0.4, 0.5) is 0 Å². The molecule has 2 nitrogen and oxygen atoms in total. The molecular weight excluding hydrogens is 148 g/mol. The fraction of sp³-hybridized carbons (Fsp3) is 0.700. The minimum atomic E-state index is 0.481. The first-order valence-electron chi connectivity index (χ1n) is 4.59. The van der Waals surface area contributed by atoms with E-state index >= 15 is 0 Å². The molecule has 2 heteroatoms. The number of allylic oxidation sites excluding steroid dienone is 1.